The molecule has 2 aliphatic rings. The number of hydrogen-bond donors (Lipinski definition) is 1. The summed E-state index contributed by atoms with van der Waals surface area (Å²) in [6.07, 6.45) is 6.77. The standard InChI is InChI=1S/C16H28N2O2/c1-4-6-7-12(5-2)10-18-11(3)15(19)17-14(16(18)20)13-8-9-13/h11-14H,4-10H2,1-3H3,(H,17,19). The molecule has 1 heterocycles. The first-order valence-electron chi connectivity index (χ1n) is 8.19. The van der Waals surface area contributed by atoms with Gasteiger partial charge in [-0.1, -0.05) is 33.1 Å². The number of hydrogen-bond acceptors (Lipinski definition) is 2. The Morgan fingerprint density at radius 2 is 2.00 bits per heavy atom. The van der Waals surface area contributed by atoms with Crippen molar-refractivity contribution in [1.82, 2.24) is 10.2 Å². The Hall–Kier alpha value is -1.06. The highest BCUT2D eigenvalue weighted by Gasteiger charge is 2.45. The Labute approximate surface area is 122 Å². The van der Waals surface area contributed by atoms with Crippen molar-refractivity contribution in [2.75, 3.05) is 6.54 Å². The third-order valence-electron chi connectivity index (χ3n) is 4.79. The van der Waals surface area contributed by atoms with Gasteiger partial charge in [-0.05, 0) is 38.0 Å². The van der Waals surface area contributed by atoms with Crippen LogP contribution in [-0.4, -0.2) is 35.3 Å². The normalized spacial score (nSPS) is 28.4. The van der Waals surface area contributed by atoms with Gasteiger partial charge in [0, 0.05) is 6.54 Å². The van der Waals surface area contributed by atoms with Gasteiger partial charge in [0.15, 0.2) is 0 Å². The Morgan fingerprint density at radius 3 is 2.55 bits per heavy atom. The van der Waals surface area contributed by atoms with Crippen LogP contribution in [0.25, 0.3) is 0 Å². The fraction of sp³-hybridized carbons (Fsp3) is 0.875. The molecule has 0 aromatic rings. The summed E-state index contributed by atoms with van der Waals surface area (Å²) in [6.45, 7) is 6.96. The molecule has 0 aromatic heterocycles. The number of nitrogens with zero attached hydrogens (tertiary/aromatic N) is 1. The van der Waals surface area contributed by atoms with E-state index in [1.807, 2.05) is 11.8 Å². The minimum atomic E-state index is -0.312. The van der Waals surface area contributed by atoms with Crippen molar-refractivity contribution >= 4 is 11.8 Å². The van der Waals surface area contributed by atoms with Gasteiger partial charge in [-0.15, -0.1) is 0 Å². The van der Waals surface area contributed by atoms with Crippen LogP contribution in [0.2, 0.25) is 0 Å². The second kappa shape index (κ2) is 6.59. The van der Waals surface area contributed by atoms with Crippen molar-refractivity contribution in [2.24, 2.45) is 11.8 Å². The van der Waals surface area contributed by atoms with Crippen LogP contribution >= 0.6 is 0 Å². The summed E-state index contributed by atoms with van der Waals surface area (Å²) in [5.74, 6) is 1.07. The molecule has 1 aliphatic carbocycles. The van der Waals surface area contributed by atoms with Crippen LogP contribution in [0.4, 0.5) is 0 Å². The van der Waals surface area contributed by atoms with E-state index >= 15 is 0 Å². The van der Waals surface area contributed by atoms with Crippen molar-refractivity contribution < 1.29 is 9.59 Å². The van der Waals surface area contributed by atoms with E-state index in [1.54, 1.807) is 0 Å². The zero-order valence-corrected chi connectivity index (χ0v) is 13.0. The van der Waals surface area contributed by atoms with E-state index in [0.29, 0.717) is 11.8 Å². The summed E-state index contributed by atoms with van der Waals surface area (Å²) in [6, 6.07) is -0.560. The van der Waals surface area contributed by atoms with Crippen LogP contribution in [0.5, 0.6) is 0 Å². The molecule has 0 spiro atoms. The molecule has 1 saturated heterocycles. The van der Waals surface area contributed by atoms with Gasteiger partial charge in [0.25, 0.3) is 0 Å². The van der Waals surface area contributed by atoms with Gasteiger partial charge in [-0.25, -0.2) is 0 Å². The lowest BCUT2D eigenvalue weighted by atomic mass is 9.96. The molecular formula is C16H28N2O2. The monoisotopic (exact) mass is 280 g/mol. The second-order valence-electron chi connectivity index (χ2n) is 6.41. The van der Waals surface area contributed by atoms with Gasteiger partial charge in [0.05, 0.1) is 0 Å². The average molecular weight is 280 g/mol. The van der Waals surface area contributed by atoms with E-state index in [0.717, 1.165) is 32.2 Å². The molecule has 4 nitrogen and oxygen atoms in total. The third-order valence-corrected chi connectivity index (χ3v) is 4.79. The molecule has 1 N–H and O–H groups in total. The summed E-state index contributed by atoms with van der Waals surface area (Å²) in [5.41, 5.74) is 0. The Morgan fingerprint density at radius 1 is 1.30 bits per heavy atom. The van der Waals surface area contributed by atoms with Crippen molar-refractivity contribution in [1.29, 1.82) is 0 Å². The van der Waals surface area contributed by atoms with E-state index in [2.05, 4.69) is 19.2 Å². The van der Waals surface area contributed by atoms with E-state index in [4.69, 9.17) is 0 Å². The minimum absolute atomic E-state index is 0.0202. The topological polar surface area (TPSA) is 49.4 Å². The summed E-state index contributed by atoms with van der Waals surface area (Å²) >= 11 is 0. The van der Waals surface area contributed by atoms with Crippen molar-refractivity contribution in [3.8, 4) is 0 Å². The smallest absolute Gasteiger partial charge is 0.246 e. The van der Waals surface area contributed by atoms with E-state index in [1.165, 1.54) is 12.8 Å². The maximum absolute atomic E-state index is 12.6. The number of unbranched alkanes of at least 4 members (excludes halogenated alkanes) is 1. The summed E-state index contributed by atoms with van der Waals surface area (Å²) in [7, 11) is 0. The molecule has 3 atom stereocenters. The molecule has 4 heteroatoms. The lowest BCUT2D eigenvalue weighted by Crippen LogP contribution is -2.63. The Balaban J connectivity index is 2.01. The summed E-state index contributed by atoms with van der Waals surface area (Å²) < 4.78 is 0. The van der Waals surface area contributed by atoms with Crippen LogP contribution in [0.1, 0.15) is 59.3 Å². The number of piperazine rings is 1. The highest BCUT2D eigenvalue weighted by atomic mass is 16.2. The highest BCUT2D eigenvalue weighted by molar-refractivity contribution is 5.97. The Kier molecular flexibility index (Phi) is 5.06. The predicted molar refractivity (Wildman–Crippen MR) is 79.1 cm³/mol. The third kappa shape index (κ3) is 3.33. The molecule has 2 amide bonds. The molecule has 0 aromatic carbocycles. The van der Waals surface area contributed by atoms with E-state index < -0.39 is 0 Å². The maximum atomic E-state index is 12.6. The molecule has 2 rings (SSSR count). The van der Waals surface area contributed by atoms with Gasteiger partial charge in [0.1, 0.15) is 12.1 Å². The number of amides is 2. The fourth-order valence-corrected chi connectivity index (χ4v) is 3.04. The van der Waals surface area contributed by atoms with E-state index in [9.17, 15) is 9.59 Å². The fourth-order valence-electron chi connectivity index (χ4n) is 3.04. The largest absolute Gasteiger partial charge is 0.342 e. The van der Waals surface area contributed by atoms with Crippen molar-refractivity contribution in [3.05, 3.63) is 0 Å². The zero-order valence-electron chi connectivity index (χ0n) is 13.0. The minimum Gasteiger partial charge on any atom is -0.342 e. The SMILES string of the molecule is CCCCC(CC)CN1C(=O)C(C2CC2)NC(=O)C1C. The molecule has 3 unspecified atom stereocenters. The first-order valence-corrected chi connectivity index (χ1v) is 8.19. The van der Waals surface area contributed by atoms with Crippen LogP contribution in [0, 0.1) is 11.8 Å². The quantitative estimate of drug-likeness (QED) is 0.778. The molecule has 1 saturated carbocycles. The number of carbonyl (C=O) groups excluding carboxylic acids is 2. The molecular weight excluding hydrogens is 252 g/mol. The van der Waals surface area contributed by atoms with Crippen LogP contribution in [0.3, 0.4) is 0 Å². The average Bonchev–Trinajstić information content (AvgIpc) is 3.26. The summed E-state index contributed by atoms with van der Waals surface area (Å²) in [5, 5.41) is 2.91. The van der Waals surface area contributed by atoms with Gasteiger partial charge < -0.3 is 10.2 Å². The lowest BCUT2D eigenvalue weighted by Gasteiger charge is -2.39. The molecule has 114 valence electrons. The van der Waals surface area contributed by atoms with Gasteiger partial charge in [-0.2, -0.15) is 0 Å². The summed E-state index contributed by atoms with van der Waals surface area (Å²) in [4.78, 5) is 26.5. The second-order valence-corrected chi connectivity index (χ2v) is 6.41. The Bertz CT molecular complexity index is 365. The van der Waals surface area contributed by atoms with Gasteiger partial charge >= 0.3 is 0 Å². The molecule has 1 aliphatic heterocycles. The zero-order chi connectivity index (χ0) is 14.7. The number of rotatable bonds is 7. The van der Waals surface area contributed by atoms with Crippen LogP contribution in [-0.2, 0) is 9.59 Å². The number of carbonyl (C=O) groups is 2. The molecule has 0 bridgehead atoms. The van der Waals surface area contributed by atoms with Crippen molar-refractivity contribution in [2.45, 2.75) is 71.4 Å². The predicted octanol–water partition coefficient (Wildman–Crippen LogP) is 2.33. The first kappa shape index (κ1) is 15.3. The van der Waals surface area contributed by atoms with Gasteiger partial charge in [-0.3, -0.25) is 9.59 Å². The lowest BCUT2D eigenvalue weighted by molar-refractivity contribution is -0.150. The first-order chi connectivity index (χ1) is 9.58. The van der Waals surface area contributed by atoms with Crippen LogP contribution < -0.4 is 5.32 Å². The van der Waals surface area contributed by atoms with Crippen molar-refractivity contribution in [3.63, 3.8) is 0 Å². The maximum Gasteiger partial charge on any atom is 0.246 e. The molecule has 20 heavy (non-hydrogen) atoms. The number of nitrogens with one attached hydrogen (secondary N) is 1. The van der Waals surface area contributed by atoms with E-state index in [-0.39, 0.29) is 23.9 Å². The van der Waals surface area contributed by atoms with Crippen LogP contribution in [0.15, 0.2) is 0 Å². The van der Waals surface area contributed by atoms with Gasteiger partial charge in [0.2, 0.25) is 11.8 Å². The molecule has 2 fully saturated rings. The highest BCUT2D eigenvalue weighted by Crippen LogP contribution is 2.35. The molecule has 0 radical (unpaired) electrons.